The zero-order valence-corrected chi connectivity index (χ0v) is 43.1. The van der Waals surface area contributed by atoms with E-state index in [9.17, 15) is 112 Å². The molecule has 4 aliphatic rings. The van der Waals surface area contributed by atoms with Gasteiger partial charge in [-0.1, -0.05) is 6.07 Å². The van der Waals surface area contributed by atoms with E-state index < -0.39 is 267 Å². The number of benzene rings is 7. The number of phenols is 19. The number of rotatable bonds is 5. The SMILES string of the molecule is O=C(O[C@H]1COC(=O)c2cc(O)c(O)c(O)c2-c2c(cc(O)c(O)c2O)C(=O)O[C@H]1[C@@H]1OC(=O)c2cc(O)c(O)c(O)c2-c2c(O)c(O)c(O)c3c2C(=O)O[C@@H]1[C@H]3c1c(O)cc(O)c2c1O[C@H](c1ccc(O)c(O)c1)[C@@H](O)C2)c1cc(O)c(O)c(O)c1. The van der Waals surface area contributed by atoms with Crippen molar-refractivity contribution in [2.75, 3.05) is 6.61 Å². The second-order valence-corrected chi connectivity index (χ2v) is 19.9. The molecule has 0 unspecified atom stereocenters. The maximum absolute atomic E-state index is 15.3. The molecule has 2 bridgehead atoms. The average Bonchev–Trinajstić information content (AvgIpc) is 0.817. The van der Waals surface area contributed by atoms with Crippen LogP contribution in [0.1, 0.15) is 86.1 Å². The monoisotopic (exact) mass is 1210 g/mol. The number of phenolic OH excluding ortho intramolecular Hbond substituents is 19. The molecule has 4 aliphatic heterocycles. The number of aliphatic hydroxyl groups is 1. The van der Waals surface area contributed by atoms with Crippen molar-refractivity contribution in [1.29, 1.82) is 0 Å². The number of hydrogen-bond acceptors (Lipinski definition) is 31. The van der Waals surface area contributed by atoms with Crippen LogP contribution in [0.5, 0.6) is 115 Å². The van der Waals surface area contributed by atoms with E-state index in [1.54, 1.807) is 0 Å². The van der Waals surface area contributed by atoms with E-state index in [-0.39, 0.29) is 5.56 Å². The van der Waals surface area contributed by atoms with Crippen molar-refractivity contribution in [3.8, 4) is 137 Å². The molecule has 0 aromatic heterocycles. The van der Waals surface area contributed by atoms with Crippen molar-refractivity contribution in [2.45, 2.75) is 49.0 Å². The Bertz CT molecular complexity index is 4220. The van der Waals surface area contributed by atoms with Crippen LogP contribution in [0.2, 0.25) is 0 Å². The van der Waals surface area contributed by atoms with Crippen molar-refractivity contribution >= 4 is 29.8 Å². The predicted molar refractivity (Wildman–Crippen MR) is 277 cm³/mol. The molecule has 0 fully saturated rings. The Morgan fingerprint density at radius 2 is 0.908 bits per heavy atom. The number of cyclic esters (lactones) is 3. The minimum Gasteiger partial charge on any atom is -0.507 e. The molecule has 0 radical (unpaired) electrons. The lowest BCUT2D eigenvalue weighted by Gasteiger charge is -2.43. The molecule has 7 aromatic carbocycles. The Morgan fingerprint density at radius 3 is 1.46 bits per heavy atom. The average molecular weight is 1210 g/mol. The highest BCUT2D eigenvalue weighted by Crippen LogP contribution is 2.62. The first-order valence-electron chi connectivity index (χ1n) is 24.9. The van der Waals surface area contributed by atoms with E-state index in [0.717, 1.165) is 18.2 Å². The van der Waals surface area contributed by atoms with Crippen molar-refractivity contribution in [3.63, 3.8) is 0 Å². The van der Waals surface area contributed by atoms with Gasteiger partial charge >= 0.3 is 29.8 Å². The van der Waals surface area contributed by atoms with E-state index in [1.165, 1.54) is 0 Å². The van der Waals surface area contributed by atoms with Crippen LogP contribution in [0.4, 0.5) is 0 Å². The highest BCUT2D eigenvalue weighted by molar-refractivity contribution is 6.11. The van der Waals surface area contributed by atoms with Crippen molar-refractivity contribution < 1.29 is 155 Å². The molecular weight excluding hydrogens is 1170 g/mol. The van der Waals surface area contributed by atoms with Gasteiger partial charge in [0.25, 0.3) is 0 Å². The lowest BCUT2D eigenvalue weighted by atomic mass is 9.73. The fourth-order valence-corrected chi connectivity index (χ4v) is 10.9. The van der Waals surface area contributed by atoms with E-state index in [1.807, 2.05) is 0 Å². The van der Waals surface area contributed by atoms with Crippen molar-refractivity contribution in [1.82, 2.24) is 0 Å². The number of ether oxygens (including phenoxy) is 6. The number of carbonyl (C=O) groups excluding carboxylic acids is 5. The Hall–Kier alpha value is -12.2. The quantitative estimate of drug-likeness (QED) is 0.0668. The van der Waals surface area contributed by atoms with Crippen molar-refractivity contribution in [3.05, 3.63) is 105 Å². The van der Waals surface area contributed by atoms with Crippen LogP contribution in [0.15, 0.2) is 54.6 Å². The van der Waals surface area contributed by atoms with E-state index in [2.05, 4.69) is 0 Å². The third-order valence-electron chi connectivity index (χ3n) is 14.9. The van der Waals surface area contributed by atoms with Gasteiger partial charge in [-0.25, -0.2) is 24.0 Å². The Morgan fingerprint density at radius 1 is 0.414 bits per heavy atom. The zero-order valence-electron chi connectivity index (χ0n) is 43.1. The molecule has 450 valence electrons. The van der Waals surface area contributed by atoms with Gasteiger partial charge in [0, 0.05) is 51.4 Å². The number of hydrogen-bond donors (Lipinski definition) is 20. The first-order chi connectivity index (χ1) is 41.0. The zero-order chi connectivity index (χ0) is 63.0. The molecule has 87 heavy (non-hydrogen) atoms. The highest BCUT2D eigenvalue weighted by Gasteiger charge is 2.57. The standard InChI is InChI=1S/C56H40O31/c57-18-2-1-12(3-20(18)59)47-27(66)6-14-19(58)10-21(60)32(48(14)84-47)35-34-36-33(44(74)46(76)45(34)75)31-17(9-26(65)40(70)43(31)73)55(80)87-51(50(35)86-56(36)81)49-28(83-52(77)13-4-22(61)37(67)23(62)5-13)11-82-53(78)15-7-24(63)38(68)41(71)29(15)30-16(54(79)85-49)8-25(64)39(69)42(30)72/h1-5,7-10,27-28,35,47,49-51,57-76H,6,11H2/t27-,28-,35-,47+,49+,50+,51-/m0/s1. The van der Waals surface area contributed by atoms with E-state index in [0.29, 0.717) is 36.4 Å². The van der Waals surface area contributed by atoms with Crippen LogP contribution < -0.4 is 4.74 Å². The summed E-state index contributed by atoms with van der Waals surface area (Å²) < 4.78 is 35.6. The summed E-state index contributed by atoms with van der Waals surface area (Å²) in [7, 11) is 0. The van der Waals surface area contributed by atoms with Gasteiger partial charge < -0.3 is 131 Å². The van der Waals surface area contributed by atoms with Gasteiger partial charge in [-0.3, -0.25) is 0 Å². The molecular formula is C56H40O31. The molecule has 11 rings (SSSR count). The summed E-state index contributed by atoms with van der Waals surface area (Å²) in [6.07, 6.45) is -15.7. The van der Waals surface area contributed by atoms with E-state index in [4.69, 9.17) is 28.4 Å². The van der Waals surface area contributed by atoms with Crippen LogP contribution in [0, 0.1) is 0 Å². The topological polar surface area (TPSA) is 545 Å². The molecule has 0 aliphatic carbocycles. The Balaban J connectivity index is 1.25. The van der Waals surface area contributed by atoms with Crippen LogP contribution in [-0.4, -0.2) is 169 Å². The van der Waals surface area contributed by atoms with Gasteiger partial charge in [-0.15, -0.1) is 0 Å². The smallest absolute Gasteiger partial charge is 0.339 e. The van der Waals surface area contributed by atoms with Crippen molar-refractivity contribution in [2.24, 2.45) is 0 Å². The summed E-state index contributed by atoms with van der Waals surface area (Å²) in [4.78, 5) is 74.7. The summed E-state index contributed by atoms with van der Waals surface area (Å²) >= 11 is 0. The molecule has 20 N–H and O–H groups in total. The maximum atomic E-state index is 15.3. The summed E-state index contributed by atoms with van der Waals surface area (Å²) in [5, 5.41) is 222. The normalized spacial score (nSPS) is 20.4. The van der Waals surface area contributed by atoms with Crippen LogP contribution >= 0.6 is 0 Å². The third kappa shape index (κ3) is 8.66. The maximum Gasteiger partial charge on any atom is 0.339 e. The van der Waals surface area contributed by atoms with Gasteiger partial charge in [-0.2, -0.15) is 0 Å². The first kappa shape index (κ1) is 56.7. The second kappa shape index (κ2) is 20.0. The van der Waals surface area contributed by atoms with Crippen LogP contribution in [0.3, 0.4) is 0 Å². The predicted octanol–water partition coefficient (Wildman–Crippen LogP) is 3.30. The third-order valence-corrected chi connectivity index (χ3v) is 14.9. The van der Waals surface area contributed by atoms with Crippen LogP contribution in [-0.2, 0) is 30.1 Å². The Labute approximate surface area is 480 Å². The minimum atomic E-state index is -3.00. The number of carbonyl (C=O) groups is 5. The van der Waals surface area contributed by atoms with Gasteiger partial charge in [-0.05, 0) is 48.0 Å². The molecule has 0 amide bonds. The fraction of sp³-hybridized carbons (Fsp3) is 0.161. The number of aromatic hydroxyl groups is 19. The largest absolute Gasteiger partial charge is 0.507 e. The Kier molecular flexibility index (Phi) is 13.1. The number of esters is 5. The molecule has 7 aromatic rings. The molecule has 31 heteroatoms. The lowest BCUT2D eigenvalue weighted by Crippen LogP contribution is -2.56. The van der Waals surface area contributed by atoms with Gasteiger partial charge in [0.05, 0.1) is 39.8 Å². The highest BCUT2D eigenvalue weighted by atomic mass is 16.6. The summed E-state index contributed by atoms with van der Waals surface area (Å²) in [6, 6.07) is 5.59. The lowest BCUT2D eigenvalue weighted by molar-refractivity contribution is -0.135. The molecule has 0 saturated heterocycles. The summed E-state index contributed by atoms with van der Waals surface area (Å²) in [5.74, 6) is -38.0. The first-order valence-corrected chi connectivity index (χ1v) is 24.9. The number of fused-ring (bicyclic) bond motifs is 8. The fourth-order valence-electron chi connectivity index (χ4n) is 10.9. The summed E-state index contributed by atoms with van der Waals surface area (Å²) in [5.41, 5.74) is -13.3. The van der Waals surface area contributed by atoms with Gasteiger partial charge in [0.2, 0.25) is 23.0 Å². The van der Waals surface area contributed by atoms with Gasteiger partial charge in [0.15, 0.2) is 99.2 Å². The molecule has 4 heterocycles. The van der Waals surface area contributed by atoms with E-state index >= 15 is 14.4 Å². The molecule has 0 saturated carbocycles. The van der Waals surface area contributed by atoms with Gasteiger partial charge in [0.1, 0.15) is 30.0 Å². The molecule has 31 nitrogen and oxygen atoms in total. The molecule has 0 spiro atoms. The van der Waals surface area contributed by atoms with Crippen LogP contribution in [0.25, 0.3) is 22.3 Å². The molecule has 7 atom stereocenters. The summed E-state index contributed by atoms with van der Waals surface area (Å²) in [6.45, 7) is -1.63. The minimum absolute atomic E-state index is 0.140. The second-order valence-electron chi connectivity index (χ2n) is 19.9. The number of aliphatic hydroxyl groups excluding tert-OH is 1.